The molecule has 0 aromatic rings. The van der Waals surface area contributed by atoms with Crippen molar-refractivity contribution in [2.75, 3.05) is 0 Å². The average Bonchev–Trinajstić information content (AvgIpc) is 3.29. The van der Waals surface area contributed by atoms with Gasteiger partial charge in [0.25, 0.3) is 0 Å². The third-order valence-electron chi connectivity index (χ3n) is 10.4. The Kier molecular flexibility index (Phi) is 2.17. The fourth-order valence-corrected chi connectivity index (χ4v) is 10.6. The minimum Gasteiger partial charge on any atom is -0.480 e. The molecule has 8 aliphatic rings. The fourth-order valence-electron chi connectivity index (χ4n) is 10.6. The van der Waals surface area contributed by atoms with Crippen molar-refractivity contribution in [3.05, 3.63) is 0 Å². The van der Waals surface area contributed by atoms with Crippen LogP contribution in [-0.2, 0) is 9.59 Å². The Morgan fingerprint density at radius 1 is 0.800 bits per heavy atom. The van der Waals surface area contributed by atoms with E-state index in [0.29, 0.717) is 23.7 Å². The summed E-state index contributed by atoms with van der Waals surface area (Å²) in [6.07, 6.45) is 2.58. The van der Waals surface area contributed by atoms with Gasteiger partial charge in [0.15, 0.2) is 5.78 Å². The molecule has 5 nitrogen and oxygen atoms in total. The summed E-state index contributed by atoms with van der Waals surface area (Å²) in [5.74, 6) is 0.596. The molecule has 14 atom stereocenters. The Labute approximate surface area is 145 Å². The second-order valence-electron chi connectivity index (χ2n) is 10.2. The van der Waals surface area contributed by atoms with Crippen molar-refractivity contribution in [1.82, 2.24) is 0 Å². The first kappa shape index (κ1) is 14.2. The van der Waals surface area contributed by atoms with Gasteiger partial charge in [-0.15, -0.1) is 0 Å². The largest absolute Gasteiger partial charge is 0.480 e. The molecule has 134 valence electrons. The number of aliphatic carboxylic acids is 1. The molecule has 8 bridgehead atoms. The molecule has 0 aromatic heterocycles. The minimum atomic E-state index is -1.25. The quantitative estimate of drug-likeness (QED) is 0.611. The van der Waals surface area contributed by atoms with E-state index in [0.717, 1.165) is 25.7 Å². The first-order valence-electron chi connectivity index (χ1n) is 10.1. The number of carboxylic acid groups (broad SMARTS) is 1. The molecule has 0 saturated heterocycles. The second-order valence-corrected chi connectivity index (χ2v) is 10.2. The molecule has 5 heteroatoms. The third-order valence-corrected chi connectivity index (χ3v) is 10.4. The van der Waals surface area contributed by atoms with Gasteiger partial charge in [0, 0.05) is 5.92 Å². The van der Waals surface area contributed by atoms with Crippen molar-refractivity contribution < 1.29 is 24.9 Å². The zero-order valence-electron chi connectivity index (χ0n) is 14.0. The number of hydrogen-bond donors (Lipinski definition) is 3. The van der Waals surface area contributed by atoms with Crippen molar-refractivity contribution in [2.45, 2.75) is 37.9 Å². The van der Waals surface area contributed by atoms with Crippen LogP contribution in [0.3, 0.4) is 0 Å². The normalized spacial score (nSPS) is 70.3. The maximum Gasteiger partial charge on any atom is 0.317 e. The predicted molar refractivity (Wildman–Crippen MR) is 83.9 cm³/mol. The van der Waals surface area contributed by atoms with Crippen LogP contribution >= 0.6 is 0 Å². The molecule has 0 amide bonds. The molecular formula is C20H24O5. The number of carboxylic acids is 1. The molecule has 0 aromatic carbocycles. The number of carbonyl (C=O) groups excluding carboxylic acids is 1. The summed E-state index contributed by atoms with van der Waals surface area (Å²) in [5, 5.41) is 31.7. The van der Waals surface area contributed by atoms with Gasteiger partial charge in [-0.1, -0.05) is 0 Å². The Hall–Kier alpha value is -0.940. The van der Waals surface area contributed by atoms with E-state index in [4.69, 9.17) is 0 Å². The third kappa shape index (κ3) is 1.09. The van der Waals surface area contributed by atoms with Gasteiger partial charge in [-0.25, -0.2) is 0 Å². The van der Waals surface area contributed by atoms with Gasteiger partial charge < -0.3 is 15.3 Å². The SMILES string of the molecule is O=C(O)[C@@]12C(=O)[C@@H]3[C@H]4[C@H]([C@H]5[C@@H]3[C@@H]3CC[C@H](O)[C@@H]3[C@@H]51)[C@@H]2[C@@H]1CC[C@H](O)[C@H]14. The van der Waals surface area contributed by atoms with Crippen molar-refractivity contribution in [3.63, 3.8) is 0 Å². The summed E-state index contributed by atoms with van der Waals surface area (Å²) in [6.45, 7) is 0. The molecule has 8 fully saturated rings. The zero-order chi connectivity index (χ0) is 17.0. The van der Waals surface area contributed by atoms with Crippen LogP contribution in [-0.4, -0.2) is 39.3 Å². The monoisotopic (exact) mass is 344 g/mol. The molecule has 0 radical (unpaired) electrons. The lowest BCUT2D eigenvalue weighted by Crippen LogP contribution is -2.56. The van der Waals surface area contributed by atoms with Crippen molar-refractivity contribution in [3.8, 4) is 0 Å². The number of hydrogen-bond acceptors (Lipinski definition) is 4. The molecule has 25 heavy (non-hydrogen) atoms. The van der Waals surface area contributed by atoms with Gasteiger partial charge in [0.05, 0.1) is 12.2 Å². The Morgan fingerprint density at radius 3 is 2.16 bits per heavy atom. The predicted octanol–water partition coefficient (Wildman–Crippen LogP) is 0.782. The Morgan fingerprint density at radius 2 is 1.44 bits per heavy atom. The Bertz CT molecular complexity index is 734. The van der Waals surface area contributed by atoms with Gasteiger partial charge in [-0.2, -0.15) is 0 Å². The maximum atomic E-state index is 13.6. The van der Waals surface area contributed by atoms with E-state index < -0.39 is 17.5 Å². The van der Waals surface area contributed by atoms with E-state index >= 15 is 0 Å². The lowest BCUT2D eigenvalue weighted by atomic mass is 9.56. The standard InChI is InChI=1S/C20H24O5/c21-7-4-2-6-9(7)12-14-13-11-5-1-3-8(22)10(5)17(13)20(16(6)14,19(24)25)18(23)15(11)12/h5-17,21-22H,1-4H2,(H,24,25)/t5-,6-,7+,8+,9+,10-,11+,12-,13-,14-,15+,16+,17+,20-/m1/s1. The molecule has 8 rings (SSSR count). The molecule has 0 heterocycles. The highest BCUT2D eigenvalue weighted by Gasteiger charge is 2.90. The first-order valence-corrected chi connectivity index (χ1v) is 10.1. The van der Waals surface area contributed by atoms with Crippen molar-refractivity contribution in [2.24, 2.45) is 70.5 Å². The molecule has 0 aliphatic heterocycles. The van der Waals surface area contributed by atoms with Crippen LogP contribution in [0.2, 0.25) is 0 Å². The van der Waals surface area contributed by atoms with Gasteiger partial charge in [-0.3, -0.25) is 9.59 Å². The number of fused-ring (bicyclic) bond motifs is 2. The summed E-state index contributed by atoms with van der Waals surface area (Å²) < 4.78 is 0. The van der Waals surface area contributed by atoms with E-state index in [1.54, 1.807) is 0 Å². The topological polar surface area (TPSA) is 94.8 Å². The van der Waals surface area contributed by atoms with Crippen molar-refractivity contribution >= 4 is 11.8 Å². The highest BCUT2D eigenvalue weighted by molar-refractivity contribution is 6.08. The van der Waals surface area contributed by atoms with E-state index in [1.807, 2.05) is 0 Å². The van der Waals surface area contributed by atoms with Crippen LogP contribution in [0.1, 0.15) is 25.7 Å². The van der Waals surface area contributed by atoms with Crippen LogP contribution < -0.4 is 0 Å². The summed E-state index contributed by atoms with van der Waals surface area (Å²) in [5.41, 5.74) is -1.25. The van der Waals surface area contributed by atoms with Crippen LogP contribution in [0, 0.1) is 70.5 Å². The van der Waals surface area contributed by atoms with E-state index in [-0.39, 0.29) is 53.3 Å². The average molecular weight is 344 g/mol. The van der Waals surface area contributed by atoms with Crippen LogP contribution in [0.15, 0.2) is 0 Å². The summed E-state index contributed by atoms with van der Waals surface area (Å²) in [4.78, 5) is 26.3. The van der Waals surface area contributed by atoms with Gasteiger partial charge in [0.2, 0.25) is 0 Å². The maximum absolute atomic E-state index is 13.6. The molecule has 8 aliphatic carbocycles. The number of aliphatic hydroxyl groups excluding tert-OH is 2. The molecule has 3 N–H and O–H groups in total. The van der Waals surface area contributed by atoms with E-state index in [1.165, 1.54) is 0 Å². The lowest BCUT2D eigenvalue weighted by molar-refractivity contribution is -0.170. The molecule has 8 saturated carbocycles. The second kappa shape index (κ2) is 3.84. The van der Waals surface area contributed by atoms with Gasteiger partial charge >= 0.3 is 5.97 Å². The van der Waals surface area contributed by atoms with Crippen molar-refractivity contribution in [1.29, 1.82) is 0 Å². The molecule has 0 unspecified atom stereocenters. The number of Topliss-reactive ketones (excluding diaryl/α,β-unsaturated/α-hetero) is 1. The van der Waals surface area contributed by atoms with E-state index in [2.05, 4.69) is 0 Å². The smallest absolute Gasteiger partial charge is 0.317 e. The summed E-state index contributed by atoms with van der Waals surface area (Å²) in [7, 11) is 0. The zero-order valence-corrected chi connectivity index (χ0v) is 14.0. The lowest BCUT2D eigenvalue weighted by Gasteiger charge is -2.43. The highest BCUT2D eigenvalue weighted by Crippen LogP contribution is 2.86. The number of aliphatic hydroxyl groups is 2. The molecular weight excluding hydrogens is 320 g/mol. The fraction of sp³-hybridized carbons (Fsp3) is 0.900. The highest BCUT2D eigenvalue weighted by atomic mass is 16.4. The van der Waals surface area contributed by atoms with Gasteiger partial charge in [0.1, 0.15) is 5.41 Å². The van der Waals surface area contributed by atoms with Gasteiger partial charge in [-0.05, 0) is 84.9 Å². The number of rotatable bonds is 1. The van der Waals surface area contributed by atoms with E-state index in [9.17, 15) is 24.9 Å². The Balaban J connectivity index is 1.51. The molecule has 0 spiro atoms. The van der Waals surface area contributed by atoms with Crippen LogP contribution in [0.5, 0.6) is 0 Å². The van der Waals surface area contributed by atoms with Crippen LogP contribution in [0.25, 0.3) is 0 Å². The van der Waals surface area contributed by atoms with Crippen LogP contribution in [0.4, 0.5) is 0 Å². The number of ketones is 1. The minimum absolute atomic E-state index is 0.00167. The summed E-state index contributed by atoms with van der Waals surface area (Å²) >= 11 is 0. The number of carbonyl (C=O) groups is 2. The first-order chi connectivity index (χ1) is 12.0. The summed E-state index contributed by atoms with van der Waals surface area (Å²) in [6, 6.07) is 0.